The molecule has 1 aromatic rings. The summed E-state index contributed by atoms with van der Waals surface area (Å²) < 4.78 is 0. The number of benzene rings is 1. The van der Waals surface area contributed by atoms with Crippen LogP contribution < -0.4 is 5.73 Å². The molecule has 0 unspecified atom stereocenters. The van der Waals surface area contributed by atoms with Gasteiger partial charge in [-0.25, -0.2) is 0 Å². The summed E-state index contributed by atoms with van der Waals surface area (Å²) in [6.45, 7) is 1.97. The van der Waals surface area contributed by atoms with Gasteiger partial charge in [-0.15, -0.1) is 12.4 Å². The minimum absolute atomic E-state index is 0. The van der Waals surface area contributed by atoms with Gasteiger partial charge in [-0.3, -0.25) is 0 Å². The summed E-state index contributed by atoms with van der Waals surface area (Å²) in [6, 6.07) is 5.34. The van der Waals surface area contributed by atoms with E-state index >= 15 is 0 Å². The lowest BCUT2D eigenvalue weighted by Crippen LogP contribution is -2.28. The Bertz CT molecular complexity index is 346. The number of aliphatic hydroxyl groups is 1. The number of aryl methyl sites for hydroxylation is 1. The SMILES string of the molecule is Cc1cccc(Cl)c1[C@@H](N)[C@@H](O)C1CC1.Cl. The van der Waals surface area contributed by atoms with Crippen LogP contribution in [0.4, 0.5) is 0 Å². The molecule has 3 N–H and O–H groups in total. The van der Waals surface area contributed by atoms with Crippen molar-refractivity contribution in [1.82, 2.24) is 0 Å². The van der Waals surface area contributed by atoms with E-state index in [0.29, 0.717) is 10.9 Å². The van der Waals surface area contributed by atoms with Crippen LogP contribution in [-0.2, 0) is 0 Å². The van der Waals surface area contributed by atoms with Gasteiger partial charge in [0.25, 0.3) is 0 Å². The number of aliphatic hydroxyl groups excluding tert-OH is 1. The molecule has 0 saturated heterocycles. The van der Waals surface area contributed by atoms with Crippen molar-refractivity contribution < 1.29 is 5.11 Å². The van der Waals surface area contributed by atoms with Gasteiger partial charge >= 0.3 is 0 Å². The van der Waals surface area contributed by atoms with Crippen molar-refractivity contribution in [3.8, 4) is 0 Å². The van der Waals surface area contributed by atoms with Crippen LogP contribution in [-0.4, -0.2) is 11.2 Å². The zero-order valence-corrected chi connectivity index (χ0v) is 10.8. The summed E-state index contributed by atoms with van der Waals surface area (Å²) >= 11 is 6.10. The summed E-state index contributed by atoms with van der Waals surface area (Å²) in [7, 11) is 0. The third kappa shape index (κ3) is 2.69. The van der Waals surface area contributed by atoms with Gasteiger partial charge in [0.2, 0.25) is 0 Å². The van der Waals surface area contributed by atoms with Crippen molar-refractivity contribution >= 4 is 24.0 Å². The van der Waals surface area contributed by atoms with Gasteiger partial charge in [0, 0.05) is 5.02 Å². The van der Waals surface area contributed by atoms with Crippen molar-refractivity contribution in [2.24, 2.45) is 11.7 Å². The average molecular weight is 262 g/mol. The standard InChI is InChI=1S/C12H16ClNO.ClH/c1-7-3-2-4-9(13)10(7)11(14)12(15)8-5-6-8;/h2-4,8,11-12,15H,5-6,14H2,1H3;1H/t11-,12+;/m1./s1. The topological polar surface area (TPSA) is 46.2 Å². The van der Waals surface area contributed by atoms with Crippen molar-refractivity contribution in [3.63, 3.8) is 0 Å². The van der Waals surface area contributed by atoms with Gasteiger partial charge in [-0.2, -0.15) is 0 Å². The molecule has 0 aliphatic heterocycles. The number of nitrogens with two attached hydrogens (primary N) is 1. The molecule has 0 heterocycles. The molecule has 90 valence electrons. The lowest BCUT2D eigenvalue weighted by molar-refractivity contribution is 0.122. The van der Waals surface area contributed by atoms with Gasteiger partial charge in [0.1, 0.15) is 0 Å². The molecule has 1 fully saturated rings. The van der Waals surface area contributed by atoms with E-state index in [-0.39, 0.29) is 18.4 Å². The second-order valence-electron chi connectivity index (χ2n) is 4.32. The number of hydrogen-bond acceptors (Lipinski definition) is 2. The lowest BCUT2D eigenvalue weighted by atomic mass is 9.95. The normalized spacial score (nSPS) is 18.8. The van der Waals surface area contributed by atoms with Crippen LogP contribution >= 0.6 is 24.0 Å². The van der Waals surface area contributed by atoms with Crippen LogP contribution in [0, 0.1) is 12.8 Å². The van der Waals surface area contributed by atoms with E-state index in [0.717, 1.165) is 24.0 Å². The molecular formula is C12H17Cl2NO. The first kappa shape index (κ1) is 13.8. The molecule has 4 heteroatoms. The lowest BCUT2D eigenvalue weighted by Gasteiger charge is -2.21. The molecule has 2 atom stereocenters. The Labute approximate surface area is 107 Å². The molecule has 0 radical (unpaired) electrons. The molecule has 0 spiro atoms. The van der Waals surface area contributed by atoms with Gasteiger partial charge in [0.15, 0.2) is 0 Å². The molecular weight excluding hydrogens is 245 g/mol. The molecule has 0 amide bonds. The maximum atomic E-state index is 9.98. The Morgan fingerprint density at radius 3 is 2.56 bits per heavy atom. The monoisotopic (exact) mass is 261 g/mol. The summed E-state index contributed by atoms with van der Waals surface area (Å²) in [6.07, 6.45) is 1.71. The van der Waals surface area contributed by atoms with Crippen molar-refractivity contribution in [2.75, 3.05) is 0 Å². The Morgan fingerprint density at radius 2 is 2.06 bits per heavy atom. The van der Waals surface area contributed by atoms with Gasteiger partial charge in [-0.1, -0.05) is 23.7 Å². The molecule has 0 bridgehead atoms. The third-order valence-corrected chi connectivity index (χ3v) is 3.41. The van der Waals surface area contributed by atoms with Crippen LogP contribution in [0.15, 0.2) is 18.2 Å². The van der Waals surface area contributed by atoms with Crippen molar-refractivity contribution in [3.05, 3.63) is 34.3 Å². The van der Waals surface area contributed by atoms with Crippen LogP contribution in [0.3, 0.4) is 0 Å². The Kier molecular flexibility index (Phi) is 4.62. The first-order valence-electron chi connectivity index (χ1n) is 5.30. The first-order valence-corrected chi connectivity index (χ1v) is 5.67. The maximum Gasteiger partial charge on any atom is 0.0761 e. The number of hydrogen-bond donors (Lipinski definition) is 2. The highest BCUT2D eigenvalue weighted by molar-refractivity contribution is 6.31. The molecule has 1 aliphatic carbocycles. The van der Waals surface area contributed by atoms with Crippen molar-refractivity contribution in [1.29, 1.82) is 0 Å². The maximum absolute atomic E-state index is 9.98. The Hall–Kier alpha value is -0.280. The highest BCUT2D eigenvalue weighted by Crippen LogP contribution is 2.39. The highest BCUT2D eigenvalue weighted by atomic mass is 35.5. The summed E-state index contributed by atoms with van der Waals surface area (Å²) in [5.41, 5.74) is 7.98. The second kappa shape index (κ2) is 5.37. The Morgan fingerprint density at radius 1 is 1.44 bits per heavy atom. The first-order chi connectivity index (χ1) is 7.11. The highest BCUT2D eigenvalue weighted by Gasteiger charge is 2.35. The fourth-order valence-corrected chi connectivity index (χ4v) is 2.32. The largest absolute Gasteiger partial charge is 0.391 e. The van der Waals surface area contributed by atoms with Crippen LogP contribution in [0.2, 0.25) is 5.02 Å². The zero-order chi connectivity index (χ0) is 11.0. The minimum Gasteiger partial charge on any atom is -0.391 e. The van der Waals surface area contributed by atoms with Crippen LogP contribution in [0.25, 0.3) is 0 Å². The molecule has 1 saturated carbocycles. The van der Waals surface area contributed by atoms with Crippen LogP contribution in [0.5, 0.6) is 0 Å². The summed E-state index contributed by atoms with van der Waals surface area (Å²) in [4.78, 5) is 0. The van der Waals surface area contributed by atoms with E-state index in [4.69, 9.17) is 17.3 Å². The zero-order valence-electron chi connectivity index (χ0n) is 9.19. The second-order valence-corrected chi connectivity index (χ2v) is 4.73. The minimum atomic E-state index is -0.455. The summed E-state index contributed by atoms with van der Waals surface area (Å²) in [5, 5.41) is 10.6. The Balaban J connectivity index is 0.00000128. The van der Waals surface area contributed by atoms with E-state index in [1.54, 1.807) is 0 Å². The smallest absolute Gasteiger partial charge is 0.0761 e. The third-order valence-electron chi connectivity index (χ3n) is 3.08. The molecule has 0 aromatic heterocycles. The van der Waals surface area contributed by atoms with E-state index in [9.17, 15) is 5.11 Å². The van der Waals surface area contributed by atoms with E-state index < -0.39 is 6.10 Å². The van der Waals surface area contributed by atoms with Crippen molar-refractivity contribution in [2.45, 2.75) is 31.9 Å². The van der Waals surface area contributed by atoms with Crippen LogP contribution in [0.1, 0.15) is 30.0 Å². The van der Waals surface area contributed by atoms with E-state index in [1.165, 1.54) is 0 Å². The predicted molar refractivity (Wildman–Crippen MR) is 69.1 cm³/mol. The van der Waals surface area contributed by atoms with Gasteiger partial charge in [0.05, 0.1) is 12.1 Å². The molecule has 2 nitrogen and oxygen atoms in total. The fourth-order valence-electron chi connectivity index (χ4n) is 1.97. The average Bonchev–Trinajstić information content (AvgIpc) is 2.99. The summed E-state index contributed by atoms with van der Waals surface area (Å²) in [5.74, 6) is 0.371. The van der Waals surface area contributed by atoms with E-state index in [2.05, 4.69) is 0 Å². The molecule has 1 aromatic carbocycles. The fraction of sp³-hybridized carbons (Fsp3) is 0.500. The number of halogens is 2. The predicted octanol–water partition coefficient (Wildman–Crippen LogP) is 2.84. The number of rotatable bonds is 3. The molecule has 2 rings (SSSR count). The molecule has 16 heavy (non-hydrogen) atoms. The van der Waals surface area contributed by atoms with E-state index in [1.807, 2.05) is 25.1 Å². The quantitative estimate of drug-likeness (QED) is 0.879. The molecule has 1 aliphatic rings. The van der Waals surface area contributed by atoms with Gasteiger partial charge < -0.3 is 10.8 Å². The van der Waals surface area contributed by atoms with Gasteiger partial charge in [-0.05, 0) is 42.9 Å².